The van der Waals surface area contributed by atoms with Gasteiger partial charge < -0.3 is 5.11 Å². The predicted octanol–water partition coefficient (Wildman–Crippen LogP) is 4.43. The first kappa shape index (κ1) is 14.5. The summed E-state index contributed by atoms with van der Waals surface area (Å²) in [6.45, 7) is 2.32. The zero-order valence-corrected chi connectivity index (χ0v) is 12.1. The Labute approximate surface area is 117 Å². The Morgan fingerprint density at radius 3 is 2.53 bits per heavy atom. The van der Waals surface area contributed by atoms with Gasteiger partial charge in [0.2, 0.25) is 0 Å². The number of aromatic nitrogens is 1. The quantitative estimate of drug-likeness (QED) is 0.768. The fourth-order valence-electron chi connectivity index (χ4n) is 3.24. The lowest BCUT2D eigenvalue weighted by Gasteiger charge is -2.28. The van der Waals surface area contributed by atoms with Crippen LogP contribution in [0.1, 0.15) is 75.5 Å². The molecule has 106 valence electrons. The second-order valence-electron chi connectivity index (χ2n) is 5.95. The summed E-state index contributed by atoms with van der Waals surface area (Å²) < 4.78 is 0. The number of nitrogens with zero attached hydrogens (tertiary/aromatic N) is 1. The zero-order valence-electron chi connectivity index (χ0n) is 12.1. The summed E-state index contributed by atoms with van der Waals surface area (Å²) in [4.78, 5) is 4.30. The van der Waals surface area contributed by atoms with Gasteiger partial charge in [-0.15, -0.1) is 0 Å². The van der Waals surface area contributed by atoms with E-state index in [1.165, 1.54) is 56.9 Å². The van der Waals surface area contributed by atoms with Gasteiger partial charge in [-0.2, -0.15) is 0 Å². The average molecular weight is 261 g/mol. The molecule has 1 aromatic heterocycles. The monoisotopic (exact) mass is 261 g/mol. The number of hydrogen-bond donors (Lipinski definition) is 1. The molecule has 1 heterocycles. The number of pyridine rings is 1. The van der Waals surface area contributed by atoms with Gasteiger partial charge in [-0.1, -0.05) is 38.7 Å². The SMILES string of the molecule is CCCCCC1CCC(c2ccc(CO)nc2)CC1. The van der Waals surface area contributed by atoms with Crippen LogP contribution in [0.2, 0.25) is 0 Å². The Morgan fingerprint density at radius 2 is 1.95 bits per heavy atom. The van der Waals surface area contributed by atoms with E-state index in [1.54, 1.807) is 0 Å². The maximum Gasteiger partial charge on any atom is 0.0852 e. The van der Waals surface area contributed by atoms with Crippen LogP contribution in [0.5, 0.6) is 0 Å². The van der Waals surface area contributed by atoms with Crippen molar-refractivity contribution in [1.82, 2.24) is 4.98 Å². The third kappa shape index (κ3) is 4.31. The van der Waals surface area contributed by atoms with Gasteiger partial charge >= 0.3 is 0 Å². The van der Waals surface area contributed by atoms with E-state index >= 15 is 0 Å². The van der Waals surface area contributed by atoms with E-state index in [-0.39, 0.29) is 6.61 Å². The lowest BCUT2D eigenvalue weighted by Crippen LogP contribution is -2.13. The van der Waals surface area contributed by atoms with Crippen molar-refractivity contribution >= 4 is 0 Å². The highest BCUT2D eigenvalue weighted by Crippen LogP contribution is 2.37. The molecule has 0 unspecified atom stereocenters. The van der Waals surface area contributed by atoms with E-state index in [2.05, 4.69) is 18.0 Å². The van der Waals surface area contributed by atoms with Crippen LogP contribution < -0.4 is 0 Å². The van der Waals surface area contributed by atoms with Crippen molar-refractivity contribution in [3.8, 4) is 0 Å². The number of aliphatic hydroxyl groups excluding tert-OH is 1. The predicted molar refractivity (Wildman–Crippen MR) is 79.0 cm³/mol. The minimum Gasteiger partial charge on any atom is -0.390 e. The summed E-state index contributed by atoms with van der Waals surface area (Å²) in [6.07, 6.45) is 12.9. The van der Waals surface area contributed by atoms with E-state index in [9.17, 15) is 0 Å². The summed E-state index contributed by atoms with van der Waals surface area (Å²) in [7, 11) is 0. The fraction of sp³-hybridized carbons (Fsp3) is 0.706. The first-order valence-electron chi connectivity index (χ1n) is 7.89. The Kier molecular flexibility index (Phi) is 5.84. The molecule has 0 bridgehead atoms. The minimum atomic E-state index is 0.0461. The summed E-state index contributed by atoms with van der Waals surface area (Å²) in [5.74, 6) is 1.66. The first-order valence-corrected chi connectivity index (χ1v) is 7.89. The second kappa shape index (κ2) is 7.64. The van der Waals surface area contributed by atoms with Crippen molar-refractivity contribution < 1.29 is 5.11 Å². The van der Waals surface area contributed by atoms with E-state index in [4.69, 9.17) is 5.11 Å². The van der Waals surface area contributed by atoms with Crippen molar-refractivity contribution in [3.05, 3.63) is 29.6 Å². The molecule has 0 amide bonds. The Hall–Kier alpha value is -0.890. The van der Waals surface area contributed by atoms with Crippen molar-refractivity contribution in [1.29, 1.82) is 0 Å². The van der Waals surface area contributed by atoms with Crippen molar-refractivity contribution in [2.45, 2.75) is 70.8 Å². The molecule has 1 saturated carbocycles. The highest BCUT2D eigenvalue weighted by Gasteiger charge is 2.22. The molecule has 2 heteroatoms. The zero-order chi connectivity index (χ0) is 13.5. The molecule has 0 atom stereocenters. The summed E-state index contributed by atoms with van der Waals surface area (Å²) in [5, 5.41) is 9.01. The molecule has 0 radical (unpaired) electrons. The van der Waals surface area contributed by atoms with E-state index < -0.39 is 0 Å². The van der Waals surface area contributed by atoms with Crippen LogP contribution in [-0.2, 0) is 6.61 Å². The van der Waals surface area contributed by atoms with Gasteiger partial charge in [-0.3, -0.25) is 4.98 Å². The number of aliphatic hydroxyl groups is 1. The maximum absolute atomic E-state index is 9.01. The van der Waals surface area contributed by atoms with Gasteiger partial charge in [-0.05, 0) is 49.1 Å². The first-order chi connectivity index (χ1) is 9.33. The molecule has 1 aromatic rings. The summed E-state index contributed by atoms with van der Waals surface area (Å²) in [6, 6.07) is 4.11. The molecule has 2 rings (SSSR count). The molecule has 0 saturated heterocycles. The lowest BCUT2D eigenvalue weighted by molar-refractivity contribution is 0.276. The fourth-order valence-corrected chi connectivity index (χ4v) is 3.24. The number of unbranched alkanes of at least 4 members (excludes halogenated alkanes) is 2. The largest absolute Gasteiger partial charge is 0.390 e. The molecule has 0 spiro atoms. The molecular formula is C17H27NO. The molecular weight excluding hydrogens is 234 g/mol. The van der Waals surface area contributed by atoms with Crippen LogP contribution in [0.3, 0.4) is 0 Å². The smallest absolute Gasteiger partial charge is 0.0852 e. The van der Waals surface area contributed by atoms with E-state index in [0.717, 1.165) is 11.6 Å². The van der Waals surface area contributed by atoms with Crippen molar-refractivity contribution in [2.75, 3.05) is 0 Å². The van der Waals surface area contributed by atoms with Crippen LogP contribution in [0, 0.1) is 5.92 Å². The van der Waals surface area contributed by atoms with Gasteiger partial charge in [0, 0.05) is 6.20 Å². The van der Waals surface area contributed by atoms with E-state index in [1.807, 2.05) is 12.3 Å². The normalized spacial score (nSPS) is 23.5. The van der Waals surface area contributed by atoms with Crippen LogP contribution >= 0.6 is 0 Å². The number of hydrogen-bond acceptors (Lipinski definition) is 2. The topological polar surface area (TPSA) is 33.1 Å². The molecule has 1 fully saturated rings. The Morgan fingerprint density at radius 1 is 1.16 bits per heavy atom. The van der Waals surface area contributed by atoms with Gasteiger partial charge in [-0.25, -0.2) is 0 Å². The molecule has 2 nitrogen and oxygen atoms in total. The molecule has 1 aliphatic rings. The average Bonchev–Trinajstić information content (AvgIpc) is 2.48. The van der Waals surface area contributed by atoms with Gasteiger partial charge in [0.25, 0.3) is 0 Å². The lowest BCUT2D eigenvalue weighted by atomic mass is 9.77. The molecule has 0 aliphatic heterocycles. The maximum atomic E-state index is 9.01. The molecule has 19 heavy (non-hydrogen) atoms. The molecule has 1 N–H and O–H groups in total. The van der Waals surface area contributed by atoms with Crippen LogP contribution in [-0.4, -0.2) is 10.1 Å². The number of rotatable bonds is 6. The third-order valence-corrected chi connectivity index (χ3v) is 4.54. The standard InChI is InChI=1S/C17H27NO/c1-2-3-4-5-14-6-8-15(9-7-14)16-10-11-17(13-19)18-12-16/h10-12,14-15,19H,2-9,13H2,1H3. The third-order valence-electron chi connectivity index (χ3n) is 4.54. The highest BCUT2D eigenvalue weighted by molar-refractivity contribution is 5.18. The molecule has 1 aliphatic carbocycles. The van der Waals surface area contributed by atoms with Crippen molar-refractivity contribution in [2.24, 2.45) is 5.92 Å². The second-order valence-corrected chi connectivity index (χ2v) is 5.95. The minimum absolute atomic E-state index is 0.0461. The van der Waals surface area contributed by atoms with Crippen molar-refractivity contribution in [3.63, 3.8) is 0 Å². The summed E-state index contributed by atoms with van der Waals surface area (Å²) in [5.41, 5.74) is 2.14. The van der Waals surface area contributed by atoms with Crippen LogP contribution in [0.4, 0.5) is 0 Å². The molecule has 0 aromatic carbocycles. The van der Waals surface area contributed by atoms with E-state index in [0.29, 0.717) is 5.92 Å². The van der Waals surface area contributed by atoms with Crippen LogP contribution in [0.25, 0.3) is 0 Å². The van der Waals surface area contributed by atoms with Gasteiger partial charge in [0.05, 0.1) is 12.3 Å². The summed E-state index contributed by atoms with van der Waals surface area (Å²) >= 11 is 0. The highest BCUT2D eigenvalue weighted by atomic mass is 16.3. The van der Waals surface area contributed by atoms with Crippen LogP contribution in [0.15, 0.2) is 18.3 Å². The Bertz CT molecular complexity index is 352. The van der Waals surface area contributed by atoms with Gasteiger partial charge in [0.15, 0.2) is 0 Å². The Balaban J connectivity index is 1.78. The van der Waals surface area contributed by atoms with Gasteiger partial charge in [0.1, 0.15) is 0 Å².